The van der Waals surface area contributed by atoms with Crippen molar-refractivity contribution >= 4 is 63.9 Å². The normalized spacial score (nSPS) is 17.1. The Labute approximate surface area is 382 Å². The molecule has 0 saturated carbocycles. The molecule has 9 rings (SSSR count). The molecule has 3 aliphatic heterocycles. The fourth-order valence-corrected chi connectivity index (χ4v) is 9.64. The summed E-state index contributed by atoms with van der Waals surface area (Å²) < 4.78 is 7.91. The van der Waals surface area contributed by atoms with E-state index in [9.17, 15) is 24.0 Å². The lowest BCUT2D eigenvalue weighted by atomic mass is 9.99. The number of hydrogen-bond acceptors (Lipinski definition) is 13. The number of benzene rings is 3. The number of piperidine rings is 1. The van der Waals surface area contributed by atoms with E-state index in [0.29, 0.717) is 47.7 Å². The number of aryl methyl sites for hydroxylation is 2. The van der Waals surface area contributed by atoms with Crippen molar-refractivity contribution in [1.29, 1.82) is 0 Å². The Hall–Kier alpha value is -7.11. The van der Waals surface area contributed by atoms with Crippen LogP contribution in [0.2, 0.25) is 5.02 Å². The summed E-state index contributed by atoms with van der Waals surface area (Å²) in [7, 11) is 0. The topological polar surface area (TPSA) is 203 Å². The number of ether oxygens (including phenoxy) is 1. The minimum Gasteiger partial charge on any atom is -0.490 e. The first-order chi connectivity index (χ1) is 31.4. The highest BCUT2D eigenvalue weighted by atomic mass is 35.5. The number of nitrogens with one attached hydrogen (secondary N) is 3. The molecule has 2 unspecified atom stereocenters. The highest BCUT2D eigenvalue weighted by Crippen LogP contribution is 2.40. The molecule has 3 atom stereocenters. The lowest BCUT2D eigenvalue weighted by Crippen LogP contribution is -2.54. The average Bonchev–Trinajstić information content (AvgIpc) is 3.87. The molecule has 0 bridgehead atoms. The van der Waals surface area contributed by atoms with Gasteiger partial charge in [0.25, 0.3) is 11.8 Å². The Morgan fingerprint density at radius 3 is 2.42 bits per heavy atom. The first-order valence-corrected chi connectivity index (χ1v) is 22.3. The maximum Gasteiger partial charge on any atom is 0.264 e. The molecule has 1 fully saturated rings. The number of aromatic nitrogens is 5. The summed E-state index contributed by atoms with van der Waals surface area (Å²) in [6.45, 7) is 8.78. The standard InChI is InChI=1S/C47H43ClN10O6S/c1-24-26(3)65-47-39(24)41(29-13-15-31(48)16-14-29)53-35(43-56-55-27(4)57(43)47)21-38(60)52-25(2)28-9-11-30(12-10-28)42-50-22-32(23-51-42)64-20-6-19-49-34-8-5-7-33-40(34)46(63)58(45(33)62)36-17-18-37(59)54-44(36)61/h5,7-16,22-23,25,35-36,49H,6,17-21H2,1-4H3,(H,52,60)(H,54,59,61)/t25?,35-,36?/m0/s1. The van der Waals surface area contributed by atoms with Crippen molar-refractivity contribution in [3.63, 3.8) is 0 Å². The van der Waals surface area contributed by atoms with E-state index in [4.69, 9.17) is 21.3 Å². The van der Waals surface area contributed by atoms with Gasteiger partial charge in [0.2, 0.25) is 17.7 Å². The monoisotopic (exact) mass is 910 g/mol. The van der Waals surface area contributed by atoms with Crippen LogP contribution in [0.3, 0.4) is 0 Å². The lowest BCUT2D eigenvalue weighted by Gasteiger charge is -2.27. The molecule has 6 heterocycles. The summed E-state index contributed by atoms with van der Waals surface area (Å²) in [6, 6.07) is 18.3. The van der Waals surface area contributed by atoms with Gasteiger partial charge in [0, 0.05) is 45.2 Å². The number of halogens is 1. The van der Waals surface area contributed by atoms with Crippen molar-refractivity contribution < 1.29 is 28.7 Å². The van der Waals surface area contributed by atoms with Gasteiger partial charge in [0.15, 0.2) is 17.4 Å². The van der Waals surface area contributed by atoms with Crippen molar-refractivity contribution in [3.8, 4) is 22.1 Å². The summed E-state index contributed by atoms with van der Waals surface area (Å²) in [4.78, 5) is 80.7. The van der Waals surface area contributed by atoms with Crippen LogP contribution in [-0.2, 0) is 14.4 Å². The Bertz CT molecular complexity index is 2910. The average molecular weight is 911 g/mol. The number of thiophene rings is 1. The third kappa shape index (κ3) is 8.39. The Kier molecular flexibility index (Phi) is 11.8. The van der Waals surface area contributed by atoms with E-state index >= 15 is 0 Å². The Morgan fingerprint density at radius 2 is 1.68 bits per heavy atom. The molecule has 330 valence electrons. The molecule has 3 aliphatic rings. The molecule has 65 heavy (non-hydrogen) atoms. The zero-order valence-corrected chi connectivity index (χ0v) is 37.4. The molecule has 16 nitrogen and oxygen atoms in total. The zero-order chi connectivity index (χ0) is 45.5. The van der Waals surface area contributed by atoms with Gasteiger partial charge in [-0.15, -0.1) is 21.5 Å². The smallest absolute Gasteiger partial charge is 0.264 e. The summed E-state index contributed by atoms with van der Waals surface area (Å²) >= 11 is 7.92. The van der Waals surface area contributed by atoms with Crippen LogP contribution in [0.4, 0.5) is 5.69 Å². The van der Waals surface area contributed by atoms with E-state index in [-0.39, 0.29) is 42.3 Å². The second-order valence-electron chi connectivity index (χ2n) is 16.1. The van der Waals surface area contributed by atoms with Gasteiger partial charge in [-0.25, -0.2) is 9.97 Å². The van der Waals surface area contributed by atoms with Crippen molar-refractivity contribution in [2.24, 2.45) is 4.99 Å². The third-order valence-electron chi connectivity index (χ3n) is 11.8. The number of rotatable bonds is 13. The number of carbonyl (C=O) groups excluding carboxylic acids is 5. The molecular weight excluding hydrogens is 868 g/mol. The van der Waals surface area contributed by atoms with Crippen molar-refractivity contribution in [2.75, 3.05) is 18.5 Å². The maximum atomic E-state index is 13.7. The van der Waals surface area contributed by atoms with E-state index in [1.807, 2.05) is 66.9 Å². The van der Waals surface area contributed by atoms with Crippen LogP contribution >= 0.6 is 22.9 Å². The summed E-state index contributed by atoms with van der Waals surface area (Å²) in [5.41, 5.74) is 6.39. The van der Waals surface area contributed by atoms with E-state index in [0.717, 1.165) is 49.3 Å². The summed E-state index contributed by atoms with van der Waals surface area (Å²) in [5.74, 6) is -0.0643. The molecule has 1 saturated heterocycles. The van der Waals surface area contributed by atoms with Gasteiger partial charge in [-0.1, -0.05) is 54.1 Å². The second-order valence-corrected chi connectivity index (χ2v) is 17.7. The predicted octanol–water partition coefficient (Wildman–Crippen LogP) is 6.81. The zero-order valence-electron chi connectivity index (χ0n) is 35.8. The van der Waals surface area contributed by atoms with Gasteiger partial charge in [0.1, 0.15) is 22.9 Å². The summed E-state index contributed by atoms with van der Waals surface area (Å²) in [6.07, 6.45) is 3.95. The van der Waals surface area contributed by atoms with Gasteiger partial charge in [-0.3, -0.25) is 43.7 Å². The van der Waals surface area contributed by atoms with Gasteiger partial charge >= 0.3 is 0 Å². The SMILES string of the molecule is Cc1sc2c(c1C)C(c1ccc(Cl)cc1)=N[C@@H](CC(=O)NC(C)c1ccc(-c3ncc(OCCCNc4cccc5c4C(=O)N(C4CCC(=O)NC4=O)C5=O)cn3)cc1)c1nnc(C)n1-2. The van der Waals surface area contributed by atoms with E-state index < -0.39 is 35.7 Å². The number of amides is 5. The molecular formula is C47H43ClN10O6S. The lowest BCUT2D eigenvalue weighted by molar-refractivity contribution is -0.136. The molecule has 3 N–H and O–H groups in total. The van der Waals surface area contributed by atoms with E-state index in [1.54, 1.807) is 41.9 Å². The van der Waals surface area contributed by atoms with E-state index in [2.05, 4.69) is 50.0 Å². The fourth-order valence-electron chi connectivity index (χ4n) is 8.30. The number of hydrogen-bond donors (Lipinski definition) is 3. The minimum absolute atomic E-state index is 0.0512. The minimum atomic E-state index is -1.03. The molecule has 5 amide bonds. The van der Waals surface area contributed by atoms with E-state index in [1.165, 1.54) is 4.88 Å². The number of fused-ring (bicyclic) bond motifs is 4. The van der Waals surface area contributed by atoms with Crippen molar-refractivity contribution in [3.05, 3.63) is 134 Å². The van der Waals surface area contributed by atoms with Gasteiger partial charge < -0.3 is 15.4 Å². The number of imide groups is 2. The van der Waals surface area contributed by atoms with Crippen molar-refractivity contribution in [2.45, 2.75) is 71.5 Å². The first-order valence-electron chi connectivity index (χ1n) is 21.2. The first kappa shape index (κ1) is 43.2. The highest BCUT2D eigenvalue weighted by Gasteiger charge is 2.45. The van der Waals surface area contributed by atoms with Gasteiger partial charge in [0.05, 0.1) is 48.3 Å². The van der Waals surface area contributed by atoms with Gasteiger partial charge in [-0.05, 0) is 75.9 Å². The second kappa shape index (κ2) is 17.8. The molecule has 18 heteroatoms. The largest absolute Gasteiger partial charge is 0.490 e. The number of anilines is 1. The maximum absolute atomic E-state index is 13.7. The number of nitrogens with zero attached hydrogens (tertiary/aromatic N) is 7. The van der Waals surface area contributed by atoms with Gasteiger partial charge in [-0.2, -0.15) is 0 Å². The fraction of sp³-hybridized carbons (Fsp3) is 0.277. The van der Waals surface area contributed by atoms with Crippen molar-refractivity contribution in [1.82, 2.24) is 40.3 Å². The summed E-state index contributed by atoms with van der Waals surface area (Å²) in [5, 5.41) is 19.1. The van der Waals surface area contributed by atoms with Crippen LogP contribution in [0, 0.1) is 20.8 Å². The third-order valence-corrected chi connectivity index (χ3v) is 13.2. The number of aliphatic imine (C=N–C) groups is 1. The molecule has 3 aromatic heterocycles. The number of carbonyl (C=O) groups is 5. The van der Waals surface area contributed by atoms with Crippen LogP contribution in [0.1, 0.15) is 104 Å². The molecule has 0 aliphatic carbocycles. The molecule has 3 aromatic carbocycles. The van der Waals surface area contributed by atoms with Crippen LogP contribution in [0.25, 0.3) is 16.4 Å². The van der Waals surface area contributed by atoms with Crippen LogP contribution in [0.15, 0.2) is 84.1 Å². The highest BCUT2D eigenvalue weighted by molar-refractivity contribution is 7.15. The van der Waals surface area contributed by atoms with Crippen LogP contribution < -0.4 is 20.7 Å². The van der Waals surface area contributed by atoms with Crippen LogP contribution in [-0.4, -0.2) is 84.1 Å². The quantitative estimate of drug-likeness (QED) is 0.0812. The Balaban J connectivity index is 0.788. The molecule has 6 aromatic rings. The molecule has 0 radical (unpaired) electrons. The van der Waals surface area contributed by atoms with Crippen LogP contribution in [0.5, 0.6) is 5.75 Å². The Morgan fingerprint density at radius 1 is 0.938 bits per heavy atom. The molecule has 0 spiro atoms. The predicted molar refractivity (Wildman–Crippen MR) is 244 cm³/mol.